The van der Waals surface area contributed by atoms with E-state index in [0.29, 0.717) is 16.5 Å². The van der Waals surface area contributed by atoms with Gasteiger partial charge in [0.25, 0.3) is 5.69 Å². The quantitative estimate of drug-likeness (QED) is 0.303. The molecule has 0 fully saturated rings. The lowest BCUT2D eigenvalue weighted by Gasteiger charge is -2.05. The highest BCUT2D eigenvalue weighted by Gasteiger charge is 2.14. The molecule has 2 aromatic rings. The standard InChI is InChI=1S/C12H12N4O2S/c1-8-5-6-14-12(15-8)19-7-9-3-2-4-10(11(9)13)16(17)18/h2-6H,7,13H2,1H3. The first kappa shape index (κ1) is 13.3. The first-order chi connectivity index (χ1) is 9.08. The summed E-state index contributed by atoms with van der Waals surface area (Å²) in [7, 11) is 0. The highest BCUT2D eigenvalue weighted by Crippen LogP contribution is 2.29. The molecule has 98 valence electrons. The van der Waals surface area contributed by atoms with Crippen LogP contribution in [-0.4, -0.2) is 14.9 Å². The third kappa shape index (κ3) is 3.19. The molecule has 2 N–H and O–H groups in total. The first-order valence-corrected chi connectivity index (χ1v) is 6.50. The number of thioether (sulfide) groups is 1. The molecule has 0 saturated heterocycles. The zero-order valence-corrected chi connectivity index (χ0v) is 11.1. The number of nitrogen functional groups attached to an aromatic ring is 1. The van der Waals surface area contributed by atoms with Gasteiger partial charge in [-0.3, -0.25) is 10.1 Å². The molecule has 0 bridgehead atoms. The number of aryl methyl sites for hydroxylation is 1. The van der Waals surface area contributed by atoms with Crippen LogP contribution in [0.2, 0.25) is 0 Å². The molecule has 0 atom stereocenters. The molecule has 0 aliphatic rings. The number of hydrogen-bond acceptors (Lipinski definition) is 6. The number of nitrogens with zero attached hydrogens (tertiary/aromatic N) is 3. The maximum Gasteiger partial charge on any atom is 0.292 e. The number of anilines is 1. The Bertz CT molecular complexity index is 618. The monoisotopic (exact) mass is 276 g/mol. The predicted molar refractivity (Wildman–Crippen MR) is 73.8 cm³/mol. The average Bonchev–Trinajstić information content (AvgIpc) is 2.37. The van der Waals surface area contributed by atoms with Crippen molar-refractivity contribution in [3.63, 3.8) is 0 Å². The first-order valence-electron chi connectivity index (χ1n) is 5.52. The Hall–Kier alpha value is -2.15. The van der Waals surface area contributed by atoms with Crippen molar-refractivity contribution in [2.75, 3.05) is 5.73 Å². The summed E-state index contributed by atoms with van der Waals surface area (Å²) in [6.45, 7) is 1.88. The third-order valence-electron chi connectivity index (χ3n) is 2.50. The van der Waals surface area contributed by atoms with Crippen molar-refractivity contribution < 1.29 is 4.92 Å². The molecule has 0 aliphatic carbocycles. The van der Waals surface area contributed by atoms with Gasteiger partial charge in [0, 0.05) is 23.7 Å². The number of nitro groups is 1. The summed E-state index contributed by atoms with van der Waals surface area (Å²) in [4.78, 5) is 18.7. The van der Waals surface area contributed by atoms with Crippen molar-refractivity contribution in [3.05, 3.63) is 51.8 Å². The van der Waals surface area contributed by atoms with Gasteiger partial charge in [-0.15, -0.1) is 0 Å². The molecular weight excluding hydrogens is 264 g/mol. The van der Waals surface area contributed by atoms with Gasteiger partial charge in [-0.25, -0.2) is 9.97 Å². The predicted octanol–water partition coefficient (Wildman–Crippen LogP) is 2.57. The van der Waals surface area contributed by atoms with Crippen LogP contribution in [0.25, 0.3) is 0 Å². The Labute approximate surface area is 114 Å². The van der Waals surface area contributed by atoms with Crippen LogP contribution >= 0.6 is 11.8 Å². The van der Waals surface area contributed by atoms with Gasteiger partial charge in [0.15, 0.2) is 5.16 Å². The lowest BCUT2D eigenvalue weighted by atomic mass is 10.2. The molecule has 0 saturated carbocycles. The van der Waals surface area contributed by atoms with E-state index in [2.05, 4.69) is 9.97 Å². The smallest absolute Gasteiger partial charge is 0.292 e. The van der Waals surface area contributed by atoms with Gasteiger partial charge in [0.2, 0.25) is 0 Å². The minimum absolute atomic E-state index is 0.0664. The lowest BCUT2D eigenvalue weighted by Crippen LogP contribution is -1.99. The van der Waals surface area contributed by atoms with Crippen molar-refractivity contribution in [2.45, 2.75) is 17.8 Å². The number of nitrogens with two attached hydrogens (primary N) is 1. The molecule has 1 heterocycles. The number of aromatic nitrogens is 2. The number of para-hydroxylation sites is 1. The van der Waals surface area contributed by atoms with E-state index in [1.807, 2.05) is 13.0 Å². The van der Waals surface area contributed by atoms with E-state index in [4.69, 9.17) is 5.73 Å². The molecule has 1 aromatic heterocycles. The fourth-order valence-electron chi connectivity index (χ4n) is 1.52. The molecule has 19 heavy (non-hydrogen) atoms. The van der Waals surface area contributed by atoms with Crippen LogP contribution in [0.15, 0.2) is 35.6 Å². The summed E-state index contributed by atoms with van der Waals surface area (Å²) in [5.41, 5.74) is 7.51. The lowest BCUT2D eigenvalue weighted by molar-refractivity contribution is -0.383. The van der Waals surface area contributed by atoms with E-state index < -0.39 is 4.92 Å². The highest BCUT2D eigenvalue weighted by molar-refractivity contribution is 7.98. The van der Waals surface area contributed by atoms with Crippen molar-refractivity contribution >= 4 is 23.1 Å². The van der Waals surface area contributed by atoms with Crippen LogP contribution in [-0.2, 0) is 5.75 Å². The van der Waals surface area contributed by atoms with E-state index in [1.165, 1.54) is 17.8 Å². The number of benzene rings is 1. The van der Waals surface area contributed by atoms with Crippen molar-refractivity contribution in [1.29, 1.82) is 0 Å². The maximum atomic E-state index is 10.8. The summed E-state index contributed by atoms with van der Waals surface area (Å²) < 4.78 is 0. The number of rotatable bonds is 4. The molecule has 0 unspecified atom stereocenters. The molecular formula is C12H12N4O2S. The van der Waals surface area contributed by atoms with E-state index in [9.17, 15) is 10.1 Å². The Balaban J connectivity index is 2.16. The van der Waals surface area contributed by atoms with Gasteiger partial charge in [-0.05, 0) is 18.6 Å². The second-order valence-corrected chi connectivity index (χ2v) is 4.82. The fraction of sp³-hybridized carbons (Fsp3) is 0.167. The summed E-state index contributed by atoms with van der Waals surface area (Å²) in [6.07, 6.45) is 1.68. The van der Waals surface area contributed by atoms with E-state index in [0.717, 1.165) is 5.69 Å². The van der Waals surface area contributed by atoms with E-state index in [1.54, 1.807) is 18.3 Å². The normalized spacial score (nSPS) is 10.4. The van der Waals surface area contributed by atoms with Crippen LogP contribution in [0, 0.1) is 17.0 Å². The SMILES string of the molecule is Cc1ccnc(SCc2cccc([N+](=O)[O-])c2N)n1. The van der Waals surface area contributed by atoms with Gasteiger partial charge >= 0.3 is 0 Å². The Morgan fingerprint density at radius 3 is 2.89 bits per heavy atom. The molecule has 1 aromatic carbocycles. The van der Waals surface area contributed by atoms with Crippen LogP contribution < -0.4 is 5.73 Å². The maximum absolute atomic E-state index is 10.8. The second-order valence-electron chi connectivity index (χ2n) is 3.88. The molecule has 0 amide bonds. The summed E-state index contributed by atoms with van der Waals surface area (Å²) in [5, 5.41) is 11.4. The zero-order valence-electron chi connectivity index (χ0n) is 10.2. The minimum atomic E-state index is -0.479. The van der Waals surface area contributed by atoms with Crippen molar-refractivity contribution in [1.82, 2.24) is 9.97 Å². The van der Waals surface area contributed by atoms with E-state index in [-0.39, 0.29) is 11.4 Å². The van der Waals surface area contributed by atoms with Gasteiger partial charge in [0.05, 0.1) is 4.92 Å². The van der Waals surface area contributed by atoms with Crippen molar-refractivity contribution in [2.24, 2.45) is 0 Å². The summed E-state index contributed by atoms with van der Waals surface area (Å²) in [6, 6.07) is 6.60. The largest absolute Gasteiger partial charge is 0.393 e. The van der Waals surface area contributed by atoms with Crippen LogP contribution in [0.4, 0.5) is 11.4 Å². The van der Waals surface area contributed by atoms with Gasteiger partial charge < -0.3 is 5.73 Å². The van der Waals surface area contributed by atoms with Gasteiger partial charge in [0.1, 0.15) is 5.69 Å². The summed E-state index contributed by atoms with van der Waals surface area (Å²) >= 11 is 1.40. The molecule has 6 nitrogen and oxygen atoms in total. The van der Waals surface area contributed by atoms with Crippen molar-refractivity contribution in [3.8, 4) is 0 Å². The summed E-state index contributed by atoms with van der Waals surface area (Å²) in [5.74, 6) is 0.497. The number of hydrogen-bond donors (Lipinski definition) is 1. The molecule has 0 aliphatic heterocycles. The number of nitro benzene ring substituents is 1. The Morgan fingerprint density at radius 2 is 2.21 bits per heavy atom. The van der Waals surface area contributed by atoms with Crippen LogP contribution in [0.1, 0.15) is 11.3 Å². The molecule has 0 spiro atoms. The van der Waals surface area contributed by atoms with E-state index >= 15 is 0 Å². The highest BCUT2D eigenvalue weighted by atomic mass is 32.2. The Kier molecular flexibility index (Phi) is 3.96. The third-order valence-corrected chi connectivity index (χ3v) is 3.41. The average molecular weight is 276 g/mol. The molecule has 0 radical (unpaired) electrons. The van der Waals surface area contributed by atoms with Gasteiger partial charge in [-0.1, -0.05) is 23.9 Å². The topological polar surface area (TPSA) is 94.9 Å². The molecule has 7 heteroatoms. The second kappa shape index (κ2) is 5.66. The fourth-order valence-corrected chi connectivity index (χ4v) is 2.40. The van der Waals surface area contributed by atoms with Crippen LogP contribution in [0.5, 0.6) is 0 Å². The van der Waals surface area contributed by atoms with Gasteiger partial charge in [-0.2, -0.15) is 0 Å². The van der Waals surface area contributed by atoms with Crippen LogP contribution in [0.3, 0.4) is 0 Å². The zero-order chi connectivity index (χ0) is 13.8. The molecule has 2 rings (SSSR count). The minimum Gasteiger partial charge on any atom is -0.393 e. The Morgan fingerprint density at radius 1 is 1.42 bits per heavy atom.